The fourth-order valence-electron chi connectivity index (χ4n) is 4.95. The van der Waals surface area contributed by atoms with Crippen LogP contribution in [0.5, 0.6) is 5.75 Å². The van der Waals surface area contributed by atoms with Crippen LogP contribution in [-0.4, -0.2) is 64.1 Å². The van der Waals surface area contributed by atoms with Gasteiger partial charge in [-0.25, -0.2) is 9.97 Å². The second-order valence-electron chi connectivity index (χ2n) is 9.57. The first-order valence-electron chi connectivity index (χ1n) is 12.1. The maximum atomic E-state index is 6.14. The standard InChI is InChI=1S/C26H38N4O/c1-20(2)29-13-9-23(10-14-29)26-27-18-22(19-28-26)17-21(3)30-15-11-25(12-16-30)31-24-7-5-4-6-8-24/h4-8,18-21,23,25H,9-17H2,1-3H3. The Balaban J connectivity index is 1.22. The number of rotatable bonds is 7. The van der Waals surface area contributed by atoms with Gasteiger partial charge in [0.05, 0.1) is 0 Å². The molecule has 1 unspecified atom stereocenters. The van der Waals surface area contributed by atoms with Gasteiger partial charge in [0.2, 0.25) is 0 Å². The maximum absolute atomic E-state index is 6.14. The Labute approximate surface area is 187 Å². The molecule has 168 valence electrons. The largest absolute Gasteiger partial charge is 0.490 e. The van der Waals surface area contributed by atoms with Gasteiger partial charge in [-0.3, -0.25) is 0 Å². The number of hydrogen-bond donors (Lipinski definition) is 0. The van der Waals surface area contributed by atoms with E-state index >= 15 is 0 Å². The van der Waals surface area contributed by atoms with Crippen LogP contribution in [-0.2, 0) is 6.42 Å². The Morgan fingerprint density at radius 2 is 1.48 bits per heavy atom. The zero-order chi connectivity index (χ0) is 21.6. The molecule has 31 heavy (non-hydrogen) atoms. The summed E-state index contributed by atoms with van der Waals surface area (Å²) in [5.41, 5.74) is 1.25. The fraction of sp³-hybridized carbons (Fsp3) is 0.615. The van der Waals surface area contributed by atoms with Gasteiger partial charge in [-0.15, -0.1) is 0 Å². The first-order valence-corrected chi connectivity index (χ1v) is 12.1. The van der Waals surface area contributed by atoms with Crippen molar-refractivity contribution in [3.63, 3.8) is 0 Å². The number of ether oxygens (including phenoxy) is 1. The van der Waals surface area contributed by atoms with Gasteiger partial charge in [-0.1, -0.05) is 18.2 Å². The number of nitrogens with zero attached hydrogens (tertiary/aromatic N) is 4. The summed E-state index contributed by atoms with van der Waals surface area (Å²) in [6.07, 6.45) is 10.00. The molecule has 0 bridgehead atoms. The Morgan fingerprint density at radius 1 is 0.871 bits per heavy atom. The number of aromatic nitrogens is 2. The molecular formula is C26H38N4O. The summed E-state index contributed by atoms with van der Waals surface area (Å²) in [4.78, 5) is 14.7. The lowest BCUT2D eigenvalue weighted by Gasteiger charge is -2.36. The van der Waals surface area contributed by atoms with Crippen LogP contribution in [0.1, 0.15) is 63.8 Å². The molecule has 4 rings (SSSR count). The molecule has 5 heteroatoms. The summed E-state index contributed by atoms with van der Waals surface area (Å²) < 4.78 is 6.14. The zero-order valence-electron chi connectivity index (χ0n) is 19.4. The topological polar surface area (TPSA) is 41.5 Å². The van der Waals surface area contributed by atoms with E-state index in [9.17, 15) is 0 Å². The van der Waals surface area contributed by atoms with E-state index in [1.54, 1.807) is 0 Å². The number of hydrogen-bond acceptors (Lipinski definition) is 5. The molecule has 2 aliphatic rings. The van der Waals surface area contributed by atoms with Gasteiger partial charge in [0.1, 0.15) is 17.7 Å². The predicted molar refractivity (Wildman–Crippen MR) is 126 cm³/mol. The van der Waals surface area contributed by atoms with Gasteiger partial charge in [0.15, 0.2) is 0 Å². The average molecular weight is 423 g/mol. The molecule has 5 nitrogen and oxygen atoms in total. The van der Waals surface area contributed by atoms with Crippen molar-refractivity contribution in [2.24, 2.45) is 0 Å². The minimum atomic E-state index is 0.329. The third-order valence-electron chi connectivity index (χ3n) is 7.03. The molecule has 2 fully saturated rings. The molecule has 0 amide bonds. The van der Waals surface area contributed by atoms with Crippen LogP contribution in [0.15, 0.2) is 42.7 Å². The third-order valence-corrected chi connectivity index (χ3v) is 7.03. The van der Waals surface area contributed by atoms with E-state index in [0.29, 0.717) is 24.1 Å². The number of piperidine rings is 2. The Morgan fingerprint density at radius 3 is 2.10 bits per heavy atom. The monoisotopic (exact) mass is 422 g/mol. The summed E-state index contributed by atoms with van der Waals surface area (Å²) in [6.45, 7) is 11.4. The van der Waals surface area contributed by atoms with Crippen molar-refractivity contribution in [2.45, 2.75) is 77.0 Å². The van der Waals surface area contributed by atoms with Crippen LogP contribution in [0.25, 0.3) is 0 Å². The highest BCUT2D eigenvalue weighted by Crippen LogP contribution is 2.26. The third kappa shape index (κ3) is 6.05. The lowest BCUT2D eigenvalue weighted by Crippen LogP contribution is -2.43. The van der Waals surface area contributed by atoms with Crippen molar-refractivity contribution in [1.82, 2.24) is 19.8 Å². The minimum Gasteiger partial charge on any atom is -0.490 e. The van der Waals surface area contributed by atoms with Crippen molar-refractivity contribution in [3.05, 3.63) is 54.1 Å². The molecule has 1 atom stereocenters. The van der Waals surface area contributed by atoms with E-state index in [-0.39, 0.29) is 0 Å². The van der Waals surface area contributed by atoms with Crippen LogP contribution in [0.4, 0.5) is 0 Å². The van der Waals surface area contributed by atoms with Gasteiger partial charge < -0.3 is 14.5 Å². The van der Waals surface area contributed by atoms with Gasteiger partial charge in [0, 0.05) is 43.5 Å². The Kier molecular flexibility index (Phi) is 7.57. The van der Waals surface area contributed by atoms with Crippen LogP contribution >= 0.6 is 0 Å². The molecule has 1 aromatic carbocycles. The zero-order valence-corrected chi connectivity index (χ0v) is 19.4. The van der Waals surface area contributed by atoms with E-state index in [1.165, 1.54) is 18.4 Å². The van der Waals surface area contributed by atoms with E-state index in [2.05, 4.69) is 43.0 Å². The SMILES string of the molecule is CC(C)N1CCC(c2ncc(CC(C)N3CCC(Oc4ccccc4)CC3)cn2)CC1. The molecular weight excluding hydrogens is 384 g/mol. The summed E-state index contributed by atoms with van der Waals surface area (Å²) in [5, 5.41) is 0. The lowest BCUT2D eigenvalue weighted by molar-refractivity contribution is 0.0798. The maximum Gasteiger partial charge on any atom is 0.131 e. The molecule has 2 aromatic rings. The Bertz CT molecular complexity index is 779. The second kappa shape index (κ2) is 10.6. The van der Waals surface area contributed by atoms with Crippen molar-refractivity contribution in [2.75, 3.05) is 26.2 Å². The highest BCUT2D eigenvalue weighted by Gasteiger charge is 2.25. The summed E-state index contributed by atoms with van der Waals surface area (Å²) in [5.74, 6) is 2.55. The van der Waals surface area contributed by atoms with Gasteiger partial charge >= 0.3 is 0 Å². The van der Waals surface area contributed by atoms with Gasteiger partial charge in [-0.2, -0.15) is 0 Å². The second-order valence-corrected chi connectivity index (χ2v) is 9.57. The number of likely N-dealkylation sites (tertiary alicyclic amines) is 2. The molecule has 2 aliphatic heterocycles. The minimum absolute atomic E-state index is 0.329. The lowest BCUT2D eigenvalue weighted by atomic mass is 9.95. The molecule has 1 aromatic heterocycles. The molecule has 0 spiro atoms. The van der Waals surface area contributed by atoms with Crippen molar-refractivity contribution < 1.29 is 4.74 Å². The molecule has 0 N–H and O–H groups in total. The van der Waals surface area contributed by atoms with E-state index in [4.69, 9.17) is 14.7 Å². The first kappa shape index (κ1) is 22.2. The van der Waals surface area contributed by atoms with E-state index in [1.807, 2.05) is 30.3 Å². The quantitative estimate of drug-likeness (QED) is 0.655. The van der Waals surface area contributed by atoms with Crippen LogP contribution in [0.3, 0.4) is 0 Å². The first-order chi connectivity index (χ1) is 15.1. The van der Waals surface area contributed by atoms with Crippen LogP contribution in [0.2, 0.25) is 0 Å². The predicted octanol–water partition coefficient (Wildman–Crippen LogP) is 4.54. The highest BCUT2D eigenvalue weighted by atomic mass is 16.5. The van der Waals surface area contributed by atoms with Gasteiger partial charge in [-0.05, 0) is 83.7 Å². The Hall–Kier alpha value is -1.98. The molecule has 0 aliphatic carbocycles. The van der Waals surface area contributed by atoms with Crippen molar-refractivity contribution in [1.29, 1.82) is 0 Å². The summed E-state index contributed by atoms with van der Waals surface area (Å²) >= 11 is 0. The van der Waals surface area contributed by atoms with Crippen LogP contribution < -0.4 is 4.74 Å². The van der Waals surface area contributed by atoms with Gasteiger partial charge in [0.25, 0.3) is 0 Å². The summed E-state index contributed by atoms with van der Waals surface area (Å²) in [6, 6.07) is 11.3. The van der Waals surface area contributed by atoms with Crippen LogP contribution in [0, 0.1) is 0 Å². The summed E-state index contributed by atoms with van der Waals surface area (Å²) in [7, 11) is 0. The highest BCUT2D eigenvalue weighted by molar-refractivity contribution is 5.21. The van der Waals surface area contributed by atoms with E-state index < -0.39 is 0 Å². The van der Waals surface area contributed by atoms with E-state index in [0.717, 1.165) is 57.0 Å². The fourth-order valence-corrected chi connectivity index (χ4v) is 4.95. The van der Waals surface area contributed by atoms with Crippen molar-refractivity contribution in [3.8, 4) is 5.75 Å². The smallest absolute Gasteiger partial charge is 0.131 e. The average Bonchev–Trinajstić information content (AvgIpc) is 2.81. The number of benzene rings is 1. The number of para-hydroxylation sites is 1. The van der Waals surface area contributed by atoms with Crippen molar-refractivity contribution >= 4 is 0 Å². The molecule has 0 radical (unpaired) electrons. The molecule has 0 saturated carbocycles. The molecule has 3 heterocycles. The molecule has 2 saturated heterocycles. The normalized spacial score (nSPS) is 20.8.